The van der Waals surface area contributed by atoms with E-state index in [4.69, 9.17) is 22.1 Å². The van der Waals surface area contributed by atoms with Gasteiger partial charge in [-0.05, 0) is 41.5 Å². The molecule has 116 valence electrons. The zero-order valence-electron chi connectivity index (χ0n) is 12.7. The standard InChI is InChI=1S/C20H18ClNO/c21-20-4-2-1-3-19(20)16-7-5-15(6-8-16)13-14-23-18-11-9-17(22)10-12-18/h1-12H,13-14,22H2. The van der Waals surface area contributed by atoms with Crippen LogP contribution in [0, 0.1) is 0 Å². The molecule has 0 heterocycles. The summed E-state index contributed by atoms with van der Waals surface area (Å²) in [5.41, 5.74) is 9.81. The van der Waals surface area contributed by atoms with Crippen molar-refractivity contribution < 1.29 is 4.74 Å². The fourth-order valence-corrected chi connectivity index (χ4v) is 2.64. The number of hydrogen-bond donors (Lipinski definition) is 1. The molecule has 0 radical (unpaired) electrons. The summed E-state index contributed by atoms with van der Waals surface area (Å²) in [6.45, 7) is 0.634. The second-order valence-electron chi connectivity index (χ2n) is 5.34. The average Bonchev–Trinajstić information content (AvgIpc) is 2.58. The van der Waals surface area contributed by atoms with Crippen LogP contribution in [0.2, 0.25) is 5.02 Å². The maximum atomic E-state index is 6.23. The Kier molecular flexibility index (Phi) is 4.84. The fraction of sp³-hybridized carbons (Fsp3) is 0.100. The molecule has 0 saturated carbocycles. The Bertz CT molecular complexity index is 766. The number of halogens is 1. The Morgan fingerprint density at radius 2 is 1.52 bits per heavy atom. The van der Waals surface area contributed by atoms with Gasteiger partial charge >= 0.3 is 0 Å². The molecule has 0 bridgehead atoms. The van der Waals surface area contributed by atoms with Crippen LogP contribution >= 0.6 is 11.6 Å². The van der Waals surface area contributed by atoms with Gasteiger partial charge in [-0.2, -0.15) is 0 Å². The SMILES string of the molecule is Nc1ccc(OCCc2ccc(-c3ccccc3Cl)cc2)cc1. The van der Waals surface area contributed by atoms with Crippen LogP contribution in [0.1, 0.15) is 5.56 Å². The van der Waals surface area contributed by atoms with Gasteiger partial charge in [0.15, 0.2) is 0 Å². The molecule has 3 rings (SSSR count). The smallest absolute Gasteiger partial charge is 0.119 e. The normalized spacial score (nSPS) is 10.5. The highest BCUT2D eigenvalue weighted by molar-refractivity contribution is 6.33. The summed E-state index contributed by atoms with van der Waals surface area (Å²) in [4.78, 5) is 0. The van der Waals surface area contributed by atoms with Crippen molar-refractivity contribution in [2.75, 3.05) is 12.3 Å². The van der Waals surface area contributed by atoms with Gasteiger partial charge in [0.1, 0.15) is 5.75 Å². The maximum absolute atomic E-state index is 6.23. The summed E-state index contributed by atoms with van der Waals surface area (Å²) >= 11 is 6.23. The van der Waals surface area contributed by atoms with Gasteiger partial charge in [0, 0.05) is 22.7 Å². The second-order valence-corrected chi connectivity index (χ2v) is 5.75. The first kappa shape index (κ1) is 15.4. The molecule has 0 unspecified atom stereocenters. The minimum Gasteiger partial charge on any atom is -0.493 e. The van der Waals surface area contributed by atoms with Crippen LogP contribution in [-0.4, -0.2) is 6.61 Å². The lowest BCUT2D eigenvalue weighted by Crippen LogP contribution is -2.01. The van der Waals surface area contributed by atoms with E-state index in [0.717, 1.165) is 34.0 Å². The third kappa shape index (κ3) is 4.05. The van der Waals surface area contributed by atoms with Crippen LogP contribution in [-0.2, 0) is 6.42 Å². The van der Waals surface area contributed by atoms with Crippen LogP contribution in [0.5, 0.6) is 5.75 Å². The van der Waals surface area contributed by atoms with Crippen molar-refractivity contribution in [1.82, 2.24) is 0 Å². The summed E-state index contributed by atoms with van der Waals surface area (Å²) < 4.78 is 5.72. The molecule has 23 heavy (non-hydrogen) atoms. The monoisotopic (exact) mass is 323 g/mol. The topological polar surface area (TPSA) is 35.2 Å². The van der Waals surface area contributed by atoms with E-state index in [1.54, 1.807) is 0 Å². The molecule has 3 aromatic carbocycles. The van der Waals surface area contributed by atoms with E-state index in [1.165, 1.54) is 5.56 Å². The molecule has 0 aliphatic rings. The molecule has 0 saturated heterocycles. The van der Waals surface area contributed by atoms with Crippen molar-refractivity contribution >= 4 is 17.3 Å². The number of benzene rings is 3. The van der Waals surface area contributed by atoms with Crippen molar-refractivity contribution in [2.45, 2.75) is 6.42 Å². The Hall–Kier alpha value is -2.45. The summed E-state index contributed by atoms with van der Waals surface area (Å²) in [6, 6.07) is 23.7. The first-order chi connectivity index (χ1) is 11.2. The largest absolute Gasteiger partial charge is 0.493 e. The third-order valence-electron chi connectivity index (χ3n) is 3.68. The van der Waals surface area contributed by atoms with Crippen molar-refractivity contribution in [3.8, 4) is 16.9 Å². The molecule has 2 nitrogen and oxygen atoms in total. The molecular weight excluding hydrogens is 306 g/mol. The molecule has 0 atom stereocenters. The van der Waals surface area contributed by atoms with Crippen LogP contribution < -0.4 is 10.5 Å². The molecule has 0 aliphatic carbocycles. The zero-order chi connectivity index (χ0) is 16.1. The Morgan fingerprint density at radius 3 is 2.22 bits per heavy atom. The van der Waals surface area contributed by atoms with Gasteiger partial charge in [-0.3, -0.25) is 0 Å². The number of anilines is 1. The number of ether oxygens (including phenoxy) is 1. The molecule has 0 amide bonds. The van der Waals surface area contributed by atoms with Crippen molar-refractivity contribution in [2.24, 2.45) is 0 Å². The van der Waals surface area contributed by atoms with Crippen LogP contribution in [0.4, 0.5) is 5.69 Å². The molecule has 3 heteroatoms. The Labute approximate surface area is 141 Å². The lowest BCUT2D eigenvalue weighted by molar-refractivity contribution is 0.322. The highest BCUT2D eigenvalue weighted by atomic mass is 35.5. The molecule has 2 N–H and O–H groups in total. The summed E-state index contributed by atoms with van der Waals surface area (Å²) in [5, 5.41) is 0.770. The first-order valence-corrected chi connectivity index (χ1v) is 7.92. The minimum absolute atomic E-state index is 0.634. The predicted octanol–water partition coefficient (Wildman–Crippen LogP) is 5.21. The van der Waals surface area contributed by atoms with Crippen molar-refractivity contribution in [1.29, 1.82) is 0 Å². The highest BCUT2D eigenvalue weighted by Crippen LogP contribution is 2.27. The van der Waals surface area contributed by atoms with Crippen LogP contribution in [0.25, 0.3) is 11.1 Å². The van der Waals surface area contributed by atoms with E-state index in [1.807, 2.05) is 48.5 Å². The average molecular weight is 324 g/mol. The molecule has 0 spiro atoms. The van der Waals surface area contributed by atoms with E-state index in [0.29, 0.717) is 6.61 Å². The van der Waals surface area contributed by atoms with Crippen LogP contribution in [0.15, 0.2) is 72.8 Å². The summed E-state index contributed by atoms with van der Waals surface area (Å²) in [7, 11) is 0. The summed E-state index contributed by atoms with van der Waals surface area (Å²) in [5.74, 6) is 0.840. The van der Waals surface area contributed by atoms with Gasteiger partial charge < -0.3 is 10.5 Å². The van der Waals surface area contributed by atoms with Gasteiger partial charge in [-0.1, -0.05) is 54.1 Å². The number of nitrogen functional groups attached to an aromatic ring is 1. The molecular formula is C20H18ClNO. The maximum Gasteiger partial charge on any atom is 0.119 e. The van der Waals surface area contributed by atoms with Gasteiger partial charge in [0.25, 0.3) is 0 Å². The van der Waals surface area contributed by atoms with Crippen LogP contribution in [0.3, 0.4) is 0 Å². The number of nitrogens with two attached hydrogens (primary N) is 1. The Morgan fingerprint density at radius 1 is 0.826 bits per heavy atom. The molecule has 0 aliphatic heterocycles. The summed E-state index contributed by atoms with van der Waals surface area (Å²) in [6.07, 6.45) is 0.854. The lowest BCUT2D eigenvalue weighted by atomic mass is 10.0. The van der Waals surface area contributed by atoms with E-state index in [-0.39, 0.29) is 0 Å². The minimum atomic E-state index is 0.634. The Balaban J connectivity index is 1.59. The van der Waals surface area contributed by atoms with Crippen molar-refractivity contribution in [3.63, 3.8) is 0 Å². The highest BCUT2D eigenvalue weighted by Gasteiger charge is 2.02. The molecule has 3 aromatic rings. The quantitative estimate of drug-likeness (QED) is 0.654. The zero-order valence-corrected chi connectivity index (χ0v) is 13.5. The lowest BCUT2D eigenvalue weighted by Gasteiger charge is -2.08. The first-order valence-electron chi connectivity index (χ1n) is 7.54. The number of hydrogen-bond acceptors (Lipinski definition) is 2. The van der Waals surface area contributed by atoms with E-state index >= 15 is 0 Å². The van der Waals surface area contributed by atoms with Crippen molar-refractivity contribution in [3.05, 3.63) is 83.4 Å². The van der Waals surface area contributed by atoms with Gasteiger partial charge in [0.2, 0.25) is 0 Å². The van der Waals surface area contributed by atoms with Gasteiger partial charge in [-0.25, -0.2) is 0 Å². The van der Waals surface area contributed by atoms with Gasteiger partial charge in [0.05, 0.1) is 6.61 Å². The fourth-order valence-electron chi connectivity index (χ4n) is 2.40. The van der Waals surface area contributed by atoms with E-state index in [9.17, 15) is 0 Å². The van der Waals surface area contributed by atoms with E-state index in [2.05, 4.69) is 24.3 Å². The van der Waals surface area contributed by atoms with E-state index < -0.39 is 0 Å². The second kappa shape index (κ2) is 7.21. The predicted molar refractivity (Wildman–Crippen MR) is 96.9 cm³/mol. The number of rotatable bonds is 5. The third-order valence-corrected chi connectivity index (χ3v) is 4.01. The molecule has 0 aromatic heterocycles. The molecule has 0 fully saturated rings. The van der Waals surface area contributed by atoms with Gasteiger partial charge in [-0.15, -0.1) is 0 Å².